The fourth-order valence-corrected chi connectivity index (χ4v) is 3.75. The van der Waals surface area contributed by atoms with Gasteiger partial charge in [0, 0.05) is 12.1 Å². The van der Waals surface area contributed by atoms with Crippen LogP contribution in [0.1, 0.15) is 6.42 Å². The number of halogens is 1. The average molecular weight is 354 g/mol. The third-order valence-electron chi connectivity index (χ3n) is 3.14. The van der Waals surface area contributed by atoms with Gasteiger partial charge in [-0.1, -0.05) is 23.7 Å². The molecule has 0 aromatic heterocycles. The van der Waals surface area contributed by atoms with Gasteiger partial charge in [0.2, 0.25) is 5.91 Å². The van der Waals surface area contributed by atoms with Gasteiger partial charge in [0.1, 0.15) is 5.75 Å². The summed E-state index contributed by atoms with van der Waals surface area (Å²) in [6.07, 6.45) is -0.153. The van der Waals surface area contributed by atoms with E-state index in [-0.39, 0.29) is 28.0 Å². The summed E-state index contributed by atoms with van der Waals surface area (Å²) in [7, 11) is -2.05. The largest absolute Gasteiger partial charge is 0.497 e. The highest BCUT2D eigenvalue weighted by molar-refractivity contribution is 7.91. The minimum Gasteiger partial charge on any atom is -0.497 e. The molecule has 23 heavy (non-hydrogen) atoms. The lowest BCUT2D eigenvalue weighted by Crippen LogP contribution is -2.17. The van der Waals surface area contributed by atoms with Gasteiger partial charge >= 0.3 is 0 Å². The molecule has 0 unspecified atom stereocenters. The molecule has 0 aliphatic rings. The molecular weight excluding hydrogens is 338 g/mol. The first kappa shape index (κ1) is 17.3. The summed E-state index contributed by atoms with van der Waals surface area (Å²) in [5.74, 6) is -0.0197. The molecule has 7 heteroatoms. The molecule has 5 nitrogen and oxygen atoms in total. The quantitative estimate of drug-likeness (QED) is 0.865. The van der Waals surface area contributed by atoms with Gasteiger partial charge in [-0.2, -0.15) is 0 Å². The highest BCUT2D eigenvalue weighted by Crippen LogP contribution is 2.22. The Hall–Kier alpha value is -2.05. The number of nitrogens with one attached hydrogen (secondary N) is 1. The zero-order valence-electron chi connectivity index (χ0n) is 12.5. The second-order valence-electron chi connectivity index (χ2n) is 4.78. The molecule has 2 aromatic rings. The lowest BCUT2D eigenvalue weighted by atomic mass is 10.3. The van der Waals surface area contributed by atoms with Crippen molar-refractivity contribution in [3.05, 3.63) is 53.6 Å². The van der Waals surface area contributed by atoms with E-state index in [0.29, 0.717) is 11.4 Å². The van der Waals surface area contributed by atoms with Crippen molar-refractivity contribution >= 4 is 33.0 Å². The highest BCUT2D eigenvalue weighted by Gasteiger charge is 2.19. The van der Waals surface area contributed by atoms with Crippen LogP contribution in [0.25, 0.3) is 0 Å². The summed E-state index contributed by atoms with van der Waals surface area (Å²) in [5, 5.41) is 2.80. The smallest absolute Gasteiger partial charge is 0.225 e. The number of hydrogen-bond acceptors (Lipinski definition) is 4. The second-order valence-corrected chi connectivity index (χ2v) is 7.26. The molecule has 0 aliphatic carbocycles. The number of ether oxygens (including phenoxy) is 1. The van der Waals surface area contributed by atoms with Crippen molar-refractivity contribution in [3.63, 3.8) is 0 Å². The standard InChI is InChI=1S/C16H16ClNO4S/c1-22-13-8-6-12(7-9-13)18-16(19)10-11-23(20,21)15-5-3-2-4-14(15)17/h2-9H,10-11H2,1H3,(H,18,19). The topological polar surface area (TPSA) is 72.5 Å². The molecule has 0 aliphatic heterocycles. The van der Waals surface area contributed by atoms with Gasteiger partial charge in [0.05, 0.1) is 22.8 Å². The Balaban J connectivity index is 1.97. The van der Waals surface area contributed by atoms with Crippen molar-refractivity contribution in [1.82, 2.24) is 0 Å². The molecule has 1 amide bonds. The maximum atomic E-state index is 12.2. The van der Waals surface area contributed by atoms with Crippen LogP contribution in [0.4, 0.5) is 5.69 Å². The highest BCUT2D eigenvalue weighted by atomic mass is 35.5. The first-order valence-corrected chi connectivity index (χ1v) is 8.86. The first-order valence-electron chi connectivity index (χ1n) is 6.83. The molecule has 2 aromatic carbocycles. The molecule has 2 rings (SSSR count). The van der Waals surface area contributed by atoms with Gasteiger partial charge in [0.15, 0.2) is 9.84 Å². The van der Waals surface area contributed by atoms with E-state index in [1.807, 2.05) is 0 Å². The Bertz CT molecular complexity index is 788. The van der Waals surface area contributed by atoms with E-state index >= 15 is 0 Å². The normalized spacial score (nSPS) is 11.0. The first-order chi connectivity index (χ1) is 10.9. The van der Waals surface area contributed by atoms with Crippen LogP contribution in [0.5, 0.6) is 5.75 Å². The molecule has 0 bridgehead atoms. The van der Waals surface area contributed by atoms with Crippen LogP contribution in [0.3, 0.4) is 0 Å². The SMILES string of the molecule is COc1ccc(NC(=O)CCS(=O)(=O)c2ccccc2Cl)cc1. The summed E-state index contributed by atoms with van der Waals surface area (Å²) >= 11 is 5.89. The number of amides is 1. The van der Waals surface area contributed by atoms with Crippen molar-refractivity contribution < 1.29 is 17.9 Å². The van der Waals surface area contributed by atoms with E-state index in [4.69, 9.17) is 16.3 Å². The Morgan fingerprint density at radius 2 is 1.78 bits per heavy atom. The Kier molecular flexibility index (Phi) is 5.63. The summed E-state index contributed by atoms with van der Waals surface area (Å²) in [6, 6.07) is 12.9. The van der Waals surface area contributed by atoms with E-state index in [1.54, 1.807) is 43.5 Å². The molecule has 122 valence electrons. The van der Waals surface area contributed by atoms with E-state index in [9.17, 15) is 13.2 Å². The summed E-state index contributed by atoms with van der Waals surface area (Å²) in [6.45, 7) is 0. The monoisotopic (exact) mass is 353 g/mol. The molecule has 0 atom stereocenters. The number of anilines is 1. The molecule has 0 radical (unpaired) electrons. The van der Waals surface area contributed by atoms with Crippen LogP contribution in [-0.2, 0) is 14.6 Å². The fourth-order valence-electron chi connectivity index (χ4n) is 1.93. The number of carbonyl (C=O) groups excluding carboxylic acids is 1. The minimum atomic E-state index is -3.60. The van der Waals surface area contributed by atoms with Crippen molar-refractivity contribution in [2.75, 3.05) is 18.2 Å². The predicted octanol–water partition coefficient (Wildman–Crippen LogP) is 3.15. The molecule has 0 saturated heterocycles. The summed E-state index contributed by atoms with van der Waals surface area (Å²) < 4.78 is 29.4. The van der Waals surface area contributed by atoms with Crippen molar-refractivity contribution in [1.29, 1.82) is 0 Å². The van der Waals surface area contributed by atoms with Crippen LogP contribution in [0.15, 0.2) is 53.4 Å². The maximum absolute atomic E-state index is 12.2. The molecule has 0 saturated carbocycles. The zero-order valence-corrected chi connectivity index (χ0v) is 14.0. The number of sulfone groups is 1. The number of rotatable bonds is 6. The van der Waals surface area contributed by atoms with Gasteiger partial charge in [0.25, 0.3) is 0 Å². The van der Waals surface area contributed by atoms with Gasteiger partial charge in [-0.25, -0.2) is 8.42 Å². The van der Waals surface area contributed by atoms with Crippen LogP contribution in [0.2, 0.25) is 5.02 Å². The van der Waals surface area contributed by atoms with Crippen molar-refractivity contribution in [2.45, 2.75) is 11.3 Å². The van der Waals surface area contributed by atoms with Crippen molar-refractivity contribution in [2.24, 2.45) is 0 Å². The zero-order chi connectivity index (χ0) is 16.9. The fraction of sp³-hybridized carbons (Fsp3) is 0.188. The van der Waals surface area contributed by atoms with E-state index in [2.05, 4.69) is 5.32 Å². The average Bonchev–Trinajstić information content (AvgIpc) is 2.54. The number of carbonyl (C=O) groups is 1. The van der Waals surface area contributed by atoms with E-state index < -0.39 is 9.84 Å². The third kappa shape index (κ3) is 4.71. The van der Waals surface area contributed by atoms with Crippen LogP contribution < -0.4 is 10.1 Å². The van der Waals surface area contributed by atoms with Crippen LogP contribution in [-0.4, -0.2) is 27.2 Å². The molecular formula is C16H16ClNO4S. The molecule has 1 N–H and O–H groups in total. The van der Waals surface area contributed by atoms with Crippen molar-refractivity contribution in [3.8, 4) is 5.75 Å². The summed E-state index contributed by atoms with van der Waals surface area (Å²) in [4.78, 5) is 11.9. The second kappa shape index (κ2) is 7.48. The third-order valence-corrected chi connectivity index (χ3v) is 5.35. The van der Waals surface area contributed by atoms with E-state index in [0.717, 1.165) is 0 Å². The van der Waals surface area contributed by atoms with E-state index in [1.165, 1.54) is 12.1 Å². The lowest BCUT2D eigenvalue weighted by Gasteiger charge is -2.08. The van der Waals surface area contributed by atoms with Gasteiger partial charge < -0.3 is 10.1 Å². The molecule has 0 fully saturated rings. The Morgan fingerprint density at radius 1 is 1.13 bits per heavy atom. The number of hydrogen-bond donors (Lipinski definition) is 1. The maximum Gasteiger partial charge on any atom is 0.225 e. The van der Waals surface area contributed by atoms with Crippen LogP contribution >= 0.6 is 11.6 Å². The summed E-state index contributed by atoms with van der Waals surface area (Å²) in [5.41, 5.74) is 0.575. The van der Waals surface area contributed by atoms with Gasteiger partial charge in [-0.05, 0) is 36.4 Å². The Labute approximate surface area is 140 Å². The lowest BCUT2D eigenvalue weighted by molar-refractivity contribution is -0.115. The van der Waals surface area contributed by atoms with Crippen LogP contribution in [0, 0.1) is 0 Å². The Morgan fingerprint density at radius 3 is 2.39 bits per heavy atom. The van der Waals surface area contributed by atoms with Gasteiger partial charge in [-0.15, -0.1) is 0 Å². The van der Waals surface area contributed by atoms with Gasteiger partial charge in [-0.3, -0.25) is 4.79 Å². The number of benzene rings is 2. The predicted molar refractivity (Wildman–Crippen MR) is 89.7 cm³/mol. The minimum absolute atomic E-state index is 0.0407. The molecule has 0 spiro atoms. The number of methoxy groups -OCH3 is 1. The molecule has 0 heterocycles.